The quantitative estimate of drug-likeness (QED) is 0.715. The van der Waals surface area contributed by atoms with E-state index in [-0.39, 0.29) is 11.8 Å². The van der Waals surface area contributed by atoms with Crippen LogP contribution in [0.4, 0.5) is 0 Å². The molecule has 7 heteroatoms. The van der Waals surface area contributed by atoms with E-state index in [1.54, 1.807) is 43.5 Å². The second-order valence-electron chi connectivity index (χ2n) is 5.80. The molecular weight excluding hydrogens is 354 g/mol. The van der Waals surface area contributed by atoms with Crippen molar-refractivity contribution in [1.29, 1.82) is 0 Å². The normalized spacial score (nSPS) is 12.4. The maximum Gasteiger partial charge on any atom is 0.337 e. The molecule has 6 nitrogen and oxygen atoms in total. The van der Waals surface area contributed by atoms with Gasteiger partial charge < -0.3 is 9.47 Å². The Bertz CT molecular complexity index is 829. The Morgan fingerprint density at radius 3 is 2.15 bits per heavy atom. The third kappa shape index (κ3) is 5.31. The number of sulfonamides is 1. The van der Waals surface area contributed by atoms with E-state index < -0.39 is 16.0 Å². The van der Waals surface area contributed by atoms with Crippen LogP contribution in [0, 0.1) is 0 Å². The summed E-state index contributed by atoms with van der Waals surface area (Å²) in [4.78, 5) is 11.4. The fourth-order valence-electron chi connectivity index (χ4n) is 2.56. The minimum absolute atomic E-state index is 0.166. The van der Waals surface area contributed by atoms with Gasteiger partial charge in [-0.15, -0.1) is 0 Å². The minimum Gasteiger partial charge on any atom is -0.497 e. The van der Waals surface area contributed by atoms with Crippen LogP contribution in [0.3, 0.4) is 0 Å². The zero-order valence-corrected chi connectivity index (χ0v) is 15.9. The van der Waals surface area contributed by atoms with E-state index in [1.807, 2.05) is 19.1 Å². The van der Waals surface area contributed by atoms with Crippen molar-refractivity contribution in [2.75, 3.05) is 14.2 Å². The molecule has 0 fully saturated rings. The van der Waals surface area contributed by atoms with E-state index in [0.717, 1.165) is 11.3 Å². The van der Waals surface area contributed by atoms with Gasteiger partial charge in [0.15, 0.2) is 0 Å². The average molecular weight is 377 g/mol. The predicted octanol–water partition coefficient (Wildman–Crippen LogP) is 3.05. The third-order valence-electron chi connectivity index (χ3n) is 3.98. The summed E-state index contributed by atoms with van der Waals surface area (Å²) in [5.41, 5.74) is 1.85. The highest BCUT2D eigenvalue weighted by Gasteiger charge is 2.19. The zero-order valence-electron chi connectivity index (χ0n) is 15.1. The number of hydrogen-bond donors (Lipinski definition) is 1. The molecular formula is C19H23NO5S. The van der Waals surface area contributed by atoms with Crippen molar-refractivity contribution >= 4 is 16.0 Å². The summed E-state index contributed by atoms with van der Waals surface area (Å²) in [7, 11) is -0.662. The molecule has 2 aromatic rings. The lowest BCUT2D eigenvalue weighted by atomic mass is 10.1. The predicted molar refractivity (Wildman–Crippen MR) is 99.6 cm³/mol. The molecule has 0 saturated heterocycles. The number of hydrogen-bond acceptors (Lipinski definition) is 5. The smallest absolute Gasteiger partial charge is 0.337 e. The van der Waals surface area contributed by atoms with Crippen molar-refractivity contribution in [3.63, 3.8) is 0 Å². The molecule has 0 aliphatic rings. The van der Waals surface area contributed by atoms with E-state index in [4.69, 9.17) is 4.74 Å². The van der Waals surface area contributed by atoms with Gasteiger partial charge in [-0.2, -0.15) is 0 Å². The van der Waals surface area contributed by atoms with Crippen LogP contribution in [0.1, 0.15) is 40.9 Å². The van der Waals surface area contributed by atoms with Gasteiger partial charge >= 0.3 is 5.97 Å². The van der Waals surface area contributed by atoms with Crippen molar-refractivity contribution in [2.45, 2.75) is 25.1 Å². The first kappa shape index (κ1) is 19.9. The average Bonchev–Trinajstić information content (AvgIpc) is 2.66. The number of benzene rings is 2. The standard InChI is InChI=1S/C19H23NO5S/c1-4-18(15-9-11-17(24-2)12-10-15)20-26(22,23)13-14-5-7-16(8-6-14)19(21)25-3/h5-12,18,20H,4,13H2,1-3H3/t18-/m1/s1. The maximum atomic E-state index is 12.5. The van der Waals surface area contributed by atoms with Gasteiger partial charge in [-0.1, -0.05) is 31.2 Å². The molecule has 0 radical (unpaired) electrons. The lowest BCUT2D eigenvalue weighted by Crippen LogP contribution is -2.29. The van der Waals surface area contributed by atoms with Crippen molar-refractivity contribution in [3.05, 3.63) is 65.2 Å². The van der Waals surface area contributed by atoms with Crippen molar-refractivity contribution < 1.29 is 22.7 Å². The molecule has 0 bridgehead atoms. The fourth-order valence-corrected chi connectivity index (χ4v) is 4.01. The summed E-state index contributed by atoms with van der Waals surface area (Å²) in [5, 5.41) is 0. The Hall–Kier alpha value is -2.38. The number of esters is 1. The van der Waals surface area contributed by atoms with Crippen LogP contribution in [-0.4, -0.2) is 28.6 Å². The molecule has 0 spiro atoms. The topological polar surface area (TPSA) is 81.7 Å². The van der Waals surface area contributed by atoms with Crippen molar-refractivity contribution in [3.8, 4) is 5.75 Å². The van der Waals surface area contributed by atoms with Crippen LogP contribution in [-0.2, 0) is 20.5 Å². The highest BCUT2D eigenvalue weighted by molar-refractivity contribution is 7.88. The van der Waals surface area contributed by atoms with E-state index in [2.05, 4.69) is 9.46 Å². The van der Waals surface area contributed by atoms with Crippen LogP contribution >= 0.6 is 0 Å². The molecule has 0 aliphatic heterocycles. The van der Waals surface area contributed by atoms with Gasteiger partial charge in [-0.05, 0) is 41.8 Å². The Labute approximate surface area is 154 Å². The first-order chi connectivity index (χ1) is 12.4. The molecule has 140 valence electrons. The molecule has 0 unspecified atom stereocenters. The lowest BCUT2D eigenvalue weighted by molar-refractivity contribution is 0.0600. The Balaban J connectivity index is 2.09. The second-order valence-corrected chi connectivity index (χ2v) is 7.55. The molecule has 26 heavy (non-hydrogen) atoms. The first-order valence-corrected chi connectivity index (χ1v) is 9.85. The second kappa shape index (κ2) is 8.82. The van der Waals surface area contributed by atoms with Crippen molar-refractivity contribution in [2.24, 2.45) is 0 Å². The highest BCUT2D eigenvalue weighted by Crippen LogP contribution is 2.21. The monoisotopic (exact) mass is 377 g/mol. The van der Waals surface area contributed by atoms with Gasteiger partial charge in [0, 0.05) is 6.04 Å². The lowest BCUT2D eigenvalue weighted by Gasteiger charge is -2.18. The van der Waals surface area contributed by atoms with Crippen LogP contribution in [0.15, 0.2) is 48.5 Å². The summed E-state index contributed by atoms with van der Waals surface area (Å²) in [5.74, 6) is 0.0985. The van der Waals surface area contributed by atoms with E-state index in [9.17, 15) is 13.2 Å². The molecule has 0 aromatic heterocycles. The van der Waals surface area contributed by atoms with Gasteiger partial charge in [-0.3, -0.25) is 0 Å². The zero-order chi connectivity index (χ0) is 19.2. The highest BCUT2D eigenvalue weighted by atomic mass is 32.2. The van der Waals surface area contributed by atoms with Gasteiger partial charge in [0.05, 0.1) is 25.5 Å². The van der Waals surface area contributed by atoms with Crippen LogP contribution in [0.5, 0.6) is 5.75 Å². The molecule has 0 saturated carbocycles. The summed E-state index contributed by atoms with van der Waals surface area (Å²) in [6.45, 7) is 1.92. The fraction of sp³-hybridized carbons (Fsp3) is 0.316. The summed E-state index contributed by atoms with van der Waals surface area (Å²) >= 11 is 0. The van der Waals surface area contributed by atoms with Crippen LogP contribution in [0.2, 0.25) is 0 Å². The van der Waals surface area contributed by atoms with E-state index in [0.29, 0.717) is 17.5 Å². The van der Waals surface area contributed by atoms with Crippen LogP contribution in [0.25, 0.3) is 0 Å². The Morgan fingerprint density at radius 1 is 1.04 bits per heavy atom. The molecule has 1 N–H and O–H groups in total. The SMILES string of the molecule is CC[C@@H](NS(=O)(=O)Cc1ccc(C(=O)OC)cc1)c1ccc(OC)cc1. The first-order valence-electron chi connectivity index (χ1n) is 8.19. The van der Waals surface area contributed by atoms with Gasteiger partial charge in [0.2, 0.25) is 10.0 Å². The molecule has 0 amide bonds. The van der Waals surface area contributed by atoms with Gasteiger partial charge in [0.25, 0.3) is 0 Å². The Kier molecular flexibility index (Phi) is 6.76. The van der Waals surface area contributed by atoms with Gasteiger partial charge in [-0.25, -0.2) is 17.9 Å². The molecule has 2 rings (SSSR count). The number of methoxy groups -OCH3 is 2. The number of rotatable bonds is 8. The van der Waals surface area contributed by atoms with Crippen molar-refractivity contribution in [1.82, 2.24) is 4.72 Å². The van der Waals surface area contributed by atoms with Crippen LogP contribution < -0.4 is 9.46 Å². The summed E-state index contributed by atoms with van der Waals surface area (Å²) < 4.78 is 37.5. The number of carbonyl (C=O) groups excluding carboxylic acids is 1. The molecule has 2 aromatic carbocycles. The number of ether oxygens (including phenoxy) is 2. The third-order valence-corrected chi connectivity index (χ3v) is 5.34. The van der Waals surface area contributed by atoms with Gasteiger partial charge in [0.1, 0.15) is 5.75 Å². The number of carbonyl (C=O) groups is 1. The summed E-state index contributed by atoms with van der Waals surface area (Å²) in [6.07, 6.45) is 0.618. The number of nitrogens with one attached hydrogen (secondary N) is 1. The van der Waals surface area contributed by atoms with E-state index >= 15 is 0 Å². The summed E-state index contributed by atoms with van der Waals surface area (Å²) in [6, 6.07) is 13.3. The molecule has 0 aliphatic carbocycles. The maximum absolute atomic E-state index is 12.5. The minimum atomic E-state index is -3.55. The Morgan fingerprint density at radius 2 is 1.65 bits per heavy atom. The molecule has 0 heterocycles. The largest absolute Gasteiger partial charge is 0.497 e. The van der Waals surface area contributed by atoms with E-state index in [1.165, 1.54) is 7.11 Å². The molecule has 1 atom stereocenters.